The van der Waals surface area contributed by atoms with Crippen LogP contribution in [-0.4, -0.2) is 79.3 Å². The van der Waals surface area contributed by atoms with Gasteiger partial charge in [0, 0.05) is 35.0 Å². The Balaban J connectivity index is 1.66. The summed E-state index contributed by atoms with van der Waals surface area (Å²) in [7, 11) is 1.57. The SMILES string of the molecule is C=CCOCC(O)CN(CC)CCCN1C(=O)c2cccc3c(OC)ccc(c23)C1=O. The number of rotatable bonds is 12. The van der Waals surface area contributed by atoms with Gasteiger partial charge >= 0.3 is 0 Å². The second-order valence-corrected chi connectivity index (χ2v) is 7.53. The molecule has 2 aromatic carbocycles. The first kappa shape index (κ1) is 22.9. The standard InChI is InChI=1S/C24H30N2O5/c1-4-14-31-16-17(27)15-25(5-2)12-7-13-26-23(28)19-9-6-8-18-21(30-3)11-10-20(22(18)19)24(26)29/h4,6,8-11,17,27H,1,5,7,12-16H2,2-3H3. The Morgan fingerprint density at radius 2 is 1.94 bits per heavy atom. The number of imide groups is 1. The van der Waals surface area contributed by atoms with Gasteiger partial charge in [-0.3, -0.25) is 14.5 Å². The Morgan fingerprint density at radius 1 is 1.19 bits per heavy atom. The van der Waals surface area contributed by atoms with Crippen LogP contribution >= 0.6 is 0 Å². The molecule has 0 saturated heterocycles. The Morgan fingerprint density at radius 3 is 2.61 bits per heavy atom. The average Bonchev–Trinajstić information content (AvgIpc) is 2.78. The summed E-state index contributed by atoms with van der Waals surface area (Å²) in [4.78, 5) is 29.5. The molecular formula is C24H30N2O5. The minimum atomic E-state index is -0.599. The van der Waals surface area contributed by atoms with Crippen molar-refractivity contribution in [3.05, 3.63) is 54.1 Å². The van der Waals surface area contributed by atoms with Gasteiger partial charge in [-0.15, -0.1) is 6.58 Å². The van der Waals surface area contributed by atoms with E-state index in [1.165, 1.54) is 4.90 Å². The van der Waals surface area contributed by atoms with Crippen LogP contribution < -0.4 is 4.74 Å². The maximum Gasteiger partial charge on any atom is 0.261 e. The van der Waals surface area contributed by atoms with Gasteiger partial charge in [0.1, 0.15) is 5.75 Å². The summed E-state index contributed by atoms with van der Waals surface area (Å²) < 4.78 is 10.7. The number of nitrogens with zero attached hydrogens (tertiary/aromatic N) is 2. The Hall–Kier alpha value is -2.74. The molecule has 0 bridgehead atoms. The minimum absolute atomic E-state index is 0.246. The van der Waals surface area contributed by atoms with Crippen molar-refractivity contribution < 1.29 is 24.2 Å². The fraction of sp³-hybridized carbons (Fsp3) is 0.417. The molecule has 2 aromatic rings. The molecule has 2 amide bonds. The Kier molecular flexibility index (Phi) is 7.79. The predicted octanol–water partition coefficient (Wildman–Crippen LogP) is 2.72. The van der Waals surface area contributed by atoms with Gasteiger partial charge in [-0.2, -0.15) is 0 Å². The van der Waals surface area contributed by atoms with Gasteiger partial charge in [-0.25, -0.2) is 0 Å². The minimum Gasteiger partial charge on any atom is -0.496 e. The number of carbonyl (C=O) groups excluding carboxylic acids is 2. The van der Waals surface area contributed by atoms with Crippen molar-refractivity contribution in [2.75, 3.05) is 46.5 Å². The zero-order valence-electron chi connectivity index (χ0n) is 18.2. The number of aliphatic hydroxyl groups is 1. The number of amides is 2. The molecule has 1 N–H and O–H groups in total. The molecule has 3 rings (SSSR count). The molecule has 0 aliphatic carbocycles. The number of aliphatic hydroxyl groups excluding tert-OH is 1. The third-order valence-electron chi connectivity index (χ3n) is 5.49. The van der Waals surface area contributed by atoms with Gasteiger partial charge < -0.3 is 19.5 Å². The number of hydrogen-bond acceptors (Lipinski definition) is 6. The molecule has 0 aromatic heterocycles. The fourth-order valence-electron chi connectivity index (χ4n) is 3.97. The van der Waals surface area contributed by atoms with E-state index < -0.39 is 6.10 Å². The molecule has 1 heterocycles. The highest BCUT2D eigenvalue weighted by molar-refractivity contribution is 6.26. The van der Waals surface area contributed by atoms with E-state index in [2.05, 4.69) is 11.5 Å². The summed E-state index contributed by atoms with van der Waals surface area (Å²) in [5.41, 5.74) is 1.04. The first-order valence-electron chi connectivity index (χ1n) is 10.6. The zero-order chi connectivity index (χ0) is 22.4. The third kappa shape index (κ3) is 4.95. The first-order chi connectivity index (χ1) is 15.0. The average molecular weight is 427 g/mol. The van der Waals surface area contributed by atoms with Crippen LogP contribution in [0.5, 0.6) is 5.75 Å². The molecule has 0 radical (unpaired) electrons. The second-order valence-electron chi connectivity index (χ2n) is 7.53. The van der Waals surface area contributed by atoms with Gasteiger partial charge in [0.05, 0.1) is 26.4 Å². The van der Waals surface area contributed by atoms with Crippen LogP contribution in [-0.2, 0) is 4.74 Å². The number of likely N-dealkylation sites (N-methyl/N-ethyl adjacent to an activating group) is 1. The summed E-state index contributed by atoms with van der Waals surface area (Å²) in [6.07, 6.45) is 1.66. The lowest BCUT2D eigenvalue weighted by Crippen LogP contribution is -2.42. The van der Waals surface area contributed by atoms with Gasteiger partial charge in [0.15, 0.2) is 0 Å². The van der Waals surface area contributed by atoms with Crippen molar-refractivity contribution in [2.45, 2.75) is 19.4 Å². The van der Waals surface area contributed by atoms with Crippen molar-refractivity contribution in [1.29, 1.82) is 0 Å². The second kappa shape index (κ2) is 10.5. The maximum atomic E-state index is 13.1. The van der Waals surface area contributed by atoms with Crippen LogP contribution in [0.1, 0.15) is 34.1 Å². The predicted molar refractivity (Wildman–Crippen MR) is 120 cm³/mol. The molecule has 0 saturated carbocycles. The lowest BCUT2D eigenvalue weighted by atomic mass is 9.93. The zero-order valence-corrected chi connectivity index (χ0v) is 18.2. The maximum absolute atomic E-state index is 13.1. The monoisotopic (exact) mass is 426 g/mol. The summed E-state index contributed by atoms with van der Waals surface area (Å²) in [6, 6.07) is 8.92. The third-order valence-corrected chi connectivity index (χ3v) is 5.49. The lowest BCUT2D eigenvalue weighted by molar-refractivity contribution is 0.0263. The Bertz CT molecular complexity index is 936. The van der Waals surface area contributed by atoms with Crippen molar-refractivity contribution in [3.8, 4) is 5.75 Å². The van der Waals surface area contributed by atoms with Crippen LogP contribution in [0.25, 0.3) is 10.8 Å². The van der Waals surface area contributed by atoms with Crippen molar-refractivity contribution in [3.63, 3.8) is 0 Å². The van der Waals surface area contributed by atoms with Crippen LogP contribution in [0.3, 0.4) is 0 Å². The lowest BCUT2D eigenvalue weighted by Gasteiger charge is -2.29. The molecule has 0 fully saturated rings. The fourth-order valence-corrected chi connectivity index (χ4v) is 3.97. The quantitative estimate of drug-likeness (QED) is 0.319. The van der Waals surface area contributed by atoms with E-state index >= 15 is 0 Å². The molecule has 1 aliphatic heterocycles. The number of methoxy groups -OCH3 is 1. The van der Waals surface area contributed by atoms with E-state index in [4.69, 9.17) is 9.47 Å². The highest BCUT2D eigenvalue weighted by atomic mass is 16.5. The molecule has 1 unspecified atom stereocenters. The number of ether oxygens (including phenoxy) is 2. The number of hydrogen-bond donors (Lipinski definition) is 1. The molecular weight excluding hydrogens is 396 g/mol. The summed E-state index contributed by atoms with van der Waals surface area (Å²) in [5, 5.41) is 11.5. The van der Waals surface area contributed by atoms with Gasteiger partial charge in [-0.1, -0.05) is 25.1 Å². The smallest absolute Gasteiger partial charge is 0.261 e. The van der Waals surface area contributed by atoms with E-state index in [1.54, 1.807) is 31.4 Å². The van der Waals surface area contributed by atoms with Crippen LogP contribution in [0.15, 0.2) is 43.0 Å². The van der Waals surface area contributed by atoms with Gasteiger partial charge in [0.25, 0.3) is 11.8 Å². The summed E-state index contributed by atoms with van der Waals surface area (Å²) >= 11 is 0. The number of carbonyl (C=O) groups is 2. The molecule has 31 heavy (non-hydrogen) atoms. The van der Waals surface area contributed by atoms with Crippen molar-refractivity contribution >= 4 is 22.6 Å². The highest BCUT2D eigenvalue weighted by Gasteiger charge is 2.33. The van der Waals surface area contributed by atoms with E-state index in [9.17, 15) is 14.7 Å². The van der Waals surface area contributed by atoms with Crippen LogP contribution in [0.2, 0.25) is 0 Å². The molecule has 166 valence electrons. The van der Waals surface area contributed by atoms with E-state index in [1.807, 2.05) is 19.1 Å². The molecule has 7 heteroatoms. The van der Waals surface area contributed by atoms with E-state index in [0.29, 0.717) is 54.9 Å². The van der Waals surface area contributed by atoms with E-state index in [0.717, 1.165) is 11.9 Å². The number of benzene rings is 2. The van der Waals surface area contributed by atoms with Crippen molar-refractivity contribution in [1.82, 2.24) is 9.80 Å². The molecule has 1 aliphatic rings. The first-order valence-corrected chi connectivity index (χ1v) is 10.6. The largest absolute Gasteiger partial charge is 0.496 e. The molecule has 1 atom stereocenters. The summed E-state index contributed by atoms with van der Waals surface area (Å²) in [5.74, 6) is 0.0818. The van der Waals surface area contributed by atoms with Gasteiger partial charge in [0.2, 0.25) is 0 Å². The van der Waals surface area contributed by atoms with Crippen molar-refractivity contribution in [2.24, 2.45) is 0 Å². The molecule has 7 nitrogen and oxygen atoms in total. The van der Waals surface area contributed by atoms with Crippen LogP contribution in [0, 0.1) is 0 Å². The highest BCUT2D eigenvalue weighted by Crippen LogP contribution is 2.35. The Labute approximate surface area is 182 Å². The normalized spacial score (nSPS) is 14.4. The van der Waals surface area contributed by atoms with Gasteiger partial charge in [-0.05, 0) is 37.7 Å². The summed E-state index contributed by atoms with van der Waals surface area (Å²) in [6.45, 7) is 8.45. The van der Waals surface area contributed by atoms with Crippen LogP contribution in [0.4, 0.5) is 0 Å². The van der Waals surface area contributed by atoms with E-state index in [-0.39, 0.29) is 18.4 Å². The molecule has 0 spiro atoms. The topological polar surface area (TPSA) is 79.3 Å².